The third-order valence-corrected chi connectivity index (χ3v) is 6.36. The Hall–Kier alpha value is -2.57. The largest absolute Gasteiger partial charge is 0.484 e. The third kappa shape index (κ3) is 6.45. The van der Waals surface area contributed by atoms with E-state index in [0.717, 1.165) is 0 Å². The molecule has 0 N–H and O–H groups in total. The second-order valence-electron chi connectivity index (χ2n) is 6.72. The molecule has 1 aromatic heterocycles. The number of nitrogens with zero attached hydrogens (tertiary/aromatic N) is 2. The van der Waals surface area contributed by atoms with Crippen LogP contribution in [0.5, 0.6) is 5.75 Å². The molecule has 0 atom stereocenters. The number of carbonyl (C=O) groups is 1. The summed E-state index contributed by atoms with van der Waals surface area (Å²) < 4.78 is 80.4. The first kappa shape index (κ1) is 23.1. The van der Waals surface area contributed by atoms with Gasteiger partial charge in [-0.25, -0.2) is 8.42 Å². The molecule has 1 fully saturated rings. The molecule has 1 amide bonds. The number of benzene rings is 1. The van der Waals surface area contributed by atoms with Gasteiger partial charge in [-0.15, -0.1) is 0 Å². The molecule has 31 heavy (non-hydrogen) atoms. The van der Waals surface area contributed by atoms with Crippen LogP contribution < -0.4 is 4.74 Å². The van der Waals surface area contributed by atoms with Gasteiger partial charge >= 0.3 is 6.18 Å². The average molecular weight is 462 g/mol. The number of furan rings is 1. The molecule has 1 aromatic carbocycles. The fraction of sp³-hybridized carbons (Fsp3) is 0.421. The van der Waals surface area contributed by atoms with Crippen molar-refractivity contribution in [2.75, 3.05) is 39.5 Å². The highest BCUT2D eigenvalue weighted by atomic mass is 32.2. The number of hydrogen-bond acceptors (Lipinski definition) is 6. The van der Waals surface area contributed by atoms with Crippen molar-refractivity contribution in [2.24, 2.45) is 0 Å². The Balaban J connectivity index is 1.61. The van der Waals surface area contributed by atoms with E-state index >= 15 is 0 Å². The fourth-order valence-electron chi connectivity index (χ4n) is 2.92. The molecule has 2 heterocycles. The first-order chi connectivity index (χ1) is 14.6. The SMILES string of the molecule is O=C(COc1ccc(S(=O)(=O)N2CCOCC2)cc1)N(Cc1ccco1)CC(F)(F)F. The average Bonchev–Trinajstić information content (AvgIpc) is 3.24. The number of alkyl halides is 3. The minimum Gasteiger partial charge on any atom is -0.484 e. The first-order valence-electron chi connectivity index (χ1n) is 9.33. The van der Waals surface area contributed by atoms with Gasteiger partial charge in [0, 0.05) is 13.1 Å². The maximum Gasteiger partial charge on any atom is 0.406 e. The van der Waals surface area contributed by atoms with Crippen molar-refractivity contribution in [2.45, 2.75) is 17.6 Å². The highest BCUT2D eigenvalue weighted by Gasteiger charge is 2.33. The summed E-state index contributed by atoms with van der Waals surface area (Å²) in [5.41, 5.74) is 0. The predicted octanol–water partition coefficient (Wildman–Crippen LogP) is 2.27. The van der Waals surface area contributed by atoms with Crippen molar-refractivity contribution in [3.8, 4) is 5.75 Å². The van der Waals surface area contributed by atoms with Crippen LogP contribution in [0.3, 0.4) is 0 Å². The van der Waals surface area contributed by atoms with Gasteiger partial charge in [0.1, 0.15) is 18.1 Å². The van der Waals surface area contributed by atoms with Crippen molar-refractivity contribution in [1.29, 1.82) is 0 Å². The van der Waals surface area contributed by atoms with Crippen LogP contribution in [0.1, 0.15) is 5.76 Å². The van der Waals surface area contributed by atoms with Gasteiger partial charge in [-0.2, -0.15) is 17.5 Å². The summed E-state index contributed by atoms with van der Waals surface area (Å²) in [4.78, 5) is 12.9. The number of rotatable bonds is 8. The van der Waals surface area contributed by atoms with Crippen molar-refractivity contribution < 1.29 is 40.3 Å². The highest BCUT2D eigenvalue weighted by Crippen LogP contribution is 2.22. The molecule has 0 aliphatic carbocycles. The zero-order valence-electron chi connectivity index (χ0n) is 16.4. The van der Waals surface area contributed by atoms with E-state index in [0.29, 0.717) is 18.1 Å². The number of ether oxygens (including phenoxy) is 2. The lowest BCUT2D eigenvalue weighted by Gasteiger charge is -2.26. The fourth-order valence-corrected chi connectivity index (χ4v) is 4.33. The maximum absolute atomic E-state index is 12.8. The Morgan fingerprint density at radius 1 is 1.13 bits per heavy atom. The van der Waals surface area contributed by atoms with Crippen LogP contribution in [0, 0.1) is 0 Å². The Morgan fingerprint density at radius 2 is 1.81 bits per heavy atom. The topological polar surface area (TPSA) is 89.3 Å². The van der Waals surface area contributed by atoms with Crippen molar-refractivity contribution in [3.63, 3.8) is 0 Å². The summed E-state index contributed by atoms with van der Waals surface area (Å²) in [6.45, 7) is -1.33. The minimum atomic E-state index is -4.59. The van der Waals surface area contributed by atoms with E-state index in [1.807, 2.05) is 0 Å². The van der Waals surface area contributed by atoms with Crippen LogP contribution in [0.2, 0.25) is 0 Å². The van der Waals surface area contributed by atoms with Crippen LogP contribution in [0.25, 0.3) is 0 Å². The molecule has 12 heteroatoms. The van der Waals surface area contributed by atoms with Gasteiger partial charge in [-0.05, 0) is 36.4 Å². The summed E-state index contributed by atoms with van der Waals surface area (Å²) in [5.74, 6) is -0.534. The summed E-state index contributed by atoms with van der Waals surface area (Å²) in [5, 5.41) is 0. The Kier molecular flexibility index (Phi) is 7.23. The van der Waals surface area contributed by atoms with Gasteiger partial charge in [-0.1, -0.05) is 0 Å². The zero-order chi connectivity index (χ0) is 22.5. The normalized spacial score (nSPS) is 15.6. The van der Waals surface area contributed by atoms with Crippen LogP contribution >= 0.6 is 0 Å². The van der Waals surface area contributed by atoms with Crippen LogP contribution in [-0.2, 0) is 26.1 Å². The maximum atomic E-state index is 12.8. The Bertz CT molecular complexity index is 956. The zero-order valence-corrected chi connectivity index (χ0v) is 17.2. The van der Waals surface area contributed by atoms with E-state index in [4.69, 9.17) is 13.9 Å². The summed E-state index contributed by atoms with van der Waals surface area (Å²) >= 11 is 0. The van der Waals surface area contributed by atoms with Gasteiger partial charge in [0.2, 0.25) is 10.0 Å². The number of sulfonamides is 1. The molecule has 8 nitrogen and oxygen atoms in total. The summed E-state index contributed by atoms with van der Waals surface area (Å²) in [6.07, 6.45) is -3.29. The van der Waals surface area contributed by atoms with E-state index < -0.39 is 35.3 Å². The Morgan fingerprint density at radius 3 is 2.39 bits per heavy atom. The van der Waals surface area contributed by atoms with Gasteiger partial charge < -0.3 is 18.8 Å². The van der Waals surface area contributed by atoms with E-state index in [2.05, 4.69) is 0 Å². The highest BCUT2D eigenvalue weighted by molar-refractivity contribution is 7.89. The molecule has 3 rings (SSSR count). The molecule has 0 unspecified atom stereocenters. The lowest BCUT2D eigenvalue weighted by Crippen LogP contribution is -2.41. The number of hydrogen-bond donors (Lipinski definition) is 0. The third-order valence-electron chi connectivity index (χ3n) is 4.44. The first-order valence-corrected chi connectivity index (χ1v) is 10.8. The summed E-state index contributed by atoms with van der Waals surface area (Å²) in [7, 11) is -3.69. The lowest BCUT2D eigenvalue weighted by molar-refractivity contribution is -0.164. The second-order valence-corrected chi connectivity index (χ2v) is 8.66. The molecule has 170 valence electrons. The van der Waals surface area contributed by atoms with E-state index in [1.165, 1.54) is 47.0 Å². The van der Waals surface area contributed by atoms with Gasteiger partial charge in [-0.3, -0.25) is 4.79 Å². The monoisotopic (exact) mass is 462 g/mol. The summed E-state index contributed by atoms with van der Waals surface area (Å²) in [6, 6.07) is 8.31. The minimum absolute atomic E-state index is 0.0459. The molecule has 0 spiro atoms. The molecule has 0 radical (unpaired) electrons. The van der Waals surface area contributed by atoms with Crippen LogP contribution in [0.15, 0.2) is 52.0 Å². The van der Waals surface area contributed by atoms with Crippen molar-refractivity contribution in [3.05, 3.63) is 48.4 Å². The molecular formula is C19H21F3N2O6S. The molecular weight excluding hydrogens is 441 g/mol. The van der Waals surface area contributed by atoms with E-state index in [9.17, 15) is 26.4 Å². The van der Waals surface area contributed by atoms with Crippen molar-refractivity contribution in [1.82, 2.24) is 9.21 Å². The van der Waals surface area contributed by atoms with Crippen molar-refractivity contribution >= 4 is 15.9 Å². The molecule has 1 aliphatic rings. The Labute approximate surface area is 177 Å². The predicted molar refractivity (Wildman–Crippen MR) is 102 cm³/mol. The molecule has 0 bridgehead atoms. The van der Waals surface area contributed by atoms with E-state index in [-0.39, 0.29) is 36.0 Å². The molecule has 1 aliphatic heterocycles. The number of morpholine rings is 1. The molecule has 2 aromatic rings. The number of carbonyl (C=O) groups excluding carboxylic acids is 1. The molecule has 0 saturated carbocycles. The number of amides is 1. The van der Waals surface area contributed by atoms with Crippen LogP contribution in [-0.4, -0.2) is 69.2 Å². The second kappa shape index (κ2) is 9.71. The van der Waals surface area contributed by atoms with Crippen LogP contribution in [0.4, 0.5) is 13.2 Å². The number of halogens is 3. The smallest absolute Gasteiger partial charge is 0.406 e. The quantitative estimate of drug-likeness (QED) is 0.598. The van der Waals surface area contributed by atoms with Gasteiger partial charge in [0.15, 0.2) is 6.61 Å². The van der Waals surface area contributed by atoms with E-state index in [1.54, 1.807) is 0 Å². The lowest BCUT2D eigenvalue weighted by atomic mass is 10.3. The standard InChI is InChI=1S/C19H21F3N2O6S/c20-19(21,22)14-23(12-16-2-1-9-29-16)18(25)13-30-15-3-5-17(6-4-15)31(26,27)24-7-10-28-11-8-24/h1-6,9H,7-8,10-14H2. The molecule has 1 saturated heterocycles. The van der Waals surface area contributed by atoms with Gasteiger partial charge in [0.25, 0.3) is 5.91 Å². The van der Waals surface area contributed by atoms with Gasteiger partial charge in [0.05, 0.1) is 30.9 Å².